The molecule has 0 aliphatic carbocycles. The van der Waals surface area contributed by atoms with Crippen LogP contribution in [-0.2, 0) is 14.9 Å². The number of hydrogen-bond acceptors (Lipinski definition) is 2. The van der Waals surface area contributed by atoms with Crippen molar-refractivity contribution in [3.8, 4) is 0 Å². The third kappa shape index (κ3) is 4.23. The molecule has 0 spiro atoms. The zero-order valence-corrected chi connectivity index (χ0v) is 15.0. The van der Waals surface area contributed by atoms with Crippen molar-refractivity contribution in [2.24, 2.45) is 0 Å². The number of hydrogen-bond donors (Lipinski definition) is 0. The number of halogens is 1. The summed E-state index contributed by atoms with van der Waals surface area (Å²) >= 11 is 3.37. The molecule has 17 heavy (non-hydrogen) atoms. The van der Waals surface area contributed by atoms with Crippen molar-refractivity contribution in [2.75, 3.05) is 13.2 Å². The quantitative estimate of drug-likeness (QED) is 0.560. The van der Waals surface area contributed by atoms with Crippen LogP contribution in [0.15, 0.2) is 22.7 Å². The summed E-state index contributed by atoms with van der Waals surface area (Å²) in [6, 6.07) is 8.92. The molecule has 2 rings (SSSR count). The van der Waals surface area contributed by atoms with Gasteiger partial charge in [0.25, 0.3) is 0 Å². The molecule has 0 aromatic heterocycles. The largest absolute Gasteiger partial charge is 1.00 e. The molecule has 0 amide bonds. The molecule has 4 heteroatoms. The summed E-state index contributed by atoms with van der Waals surface area (Å²) < 4.78 is 6.15. The van der Waals surface area contributed by atoms with Gasteiger partial charge in [-0.25, -0.2) is 0 Å². The van der Waals surface area contributed by atoms with E-state index in [1.54, 1.807) is 0 Å². The van der Waals surface area contributed by atoms with Crippen LogP contribution in [0.25, 0.3) is 0 Å². The molecule has 0 bridgehead atoms. The van der Waals surface area contributed by atoms with Gasteiger partial charge < -0.3 is 17.0 Å². The van der Waals surface area contributed by atoms with Crippen molar-refractivity contribution in [3.05, 3.63) is 41.7 Å². The summed E-state index contributed by atoms with van der Waals surface area (Å²) in [6.45, 7) is 1.24. The first-order valence-electron chi connectivity index (χ1n) is 4.92. The normalized spacial score (nSPS) is 17.5. The number of benzene rings is 1. The Bertz CT molecular complexity index is 362. The first kappa shape index (κ1) is 18.0. The Morgan fingerprint density at radius 2 is 2.00 bits per heavy atom. The maximum atomic E-state index is 11.2. The van der Waals surface area contributed by atoms with Gasteiger partial charge in [0.1, 0.15) is 0 Å². The maximum Gasteiger partial charge on any atom is 1.00 e. The van der Waals surface area contributed by atoms with Crippen molar-refractivity contribution in [2.45, 2.75) is 18.3 Å². The molecule has 0 atom stereocenters. The second-order valence-electron chi connectivity index (χ2n) is 3.71. The van der Waals surface area contributed by atoms with E-state index in [0.29, 0.717) is 26.1 Å². The van der Waals surface area contributed by atoms with Gasteiger partial charge in [0.05, 0.1) is 0 Å². The topological polar surface area (TPSA) is 26.3 Å². The zero-order chi connectivity index (χ0) is 10.7. The van der Waals surface area contributed by atoms with Gasteiger partial charge in [-0.2, -0.15) is 29.8 Å². The van der Waals surface area contributed by atoms with Gasteiger partial charge in [-0.05, 0) is 12.8 Å². The molecular weight excluding hydrogens is 307 g/mol. The van der Waals surface area contributed by atoms with E-state index < -0.39 is 5.41 Å². The van der Waals surface area contributed by atoms with Crippen LogP contribution in [0.5, 0.6) is 0 Å². The van der Waals surface area contributed by atoms with Gasteiger partial charge in [-0.15, -0.1) is 5.41 Å². The predicted octanol–water partition coefficient (Wildman–Crippen LogP) is -0.139. The van der Waals surface area contributed by atoms with E-state index in [4.69, 9.17) is 4.74 Å². The summed E-state index contributed by atoms with van der Waals surface area (Å²) in [5.74, 6) is 0. The van der Waals surface area contributed by atoms with Gasteiger partial charge in [0.2, 0.25) is 0 Å². The van der Waals surface area contributed by atoms with Gasteiger partial charge in [0.15, 0.2) is 0 Å². The van der Waals surface area contributed by atoms with Crippen LogP contribution in [0.1, 0.15) is 18.4 Å². The Morgan fingerprint density at radius 3 is 2.53 bits per heavy atom. The number of ether oxygens (including phenoxy) is 1. The summed E-state index contributed by atoms with van der Waals surface area (Å²) in [6.07, 6.45) is 3.57. The van der Waals surface area contributed by atoms with E-state index in [1.165, 1.54) is 0 Å². The van der Waals surface area contributed by atoms with Gasteiger partial charge in [0, 0.05) is 13.2 Å². The Morgan fingerprint density at radius 1 is 1.35 bits per heavy atom. The zero-order valence-electron chi connectivity index (χ0n) is 10.3. The van der Waals surface area contributed by atoms with Crippen LogP contribution in [-0.4, -0.2) is 19.5 Å². The molecule has 1 heterocycles. The standard InChI is InChI=1S/C12H11BrO2.CH3.K/c13-11-3-1-2-10(8-11)12(9-14)4-6-15-7-5-12;;/h1-3H,4-7H2;1H3;/q-2;-1;+1. The fraction of sp³-hybridized carbons (Fsp3) is 0.385. The van der Waals surface area contributed by atoms with Gasteiger partial charge in [-0.1, -0.05) is 20.4 Å². The molecule has 2 nitrogen and oxygen atoms in total. The van der Waals surface area contributed by atoms with Crippen molar-refractivity contribution in [1.29, 1.82) is 0 Å². The third-order valence-corrected chi connectivity index (χ3v) is 3.28. The SMILES string of the molecule is O=[C-]C1(c2[c-]c(Br)ccc2)CCOCC1.[CH3-].[K+]. The number of rotatable bonds is 2. The molecule has 0 saturated carbocycles. The molecule has 0 N–H and O–H groups in total. The van der Waals surface area contributed by atoms with Crippen molar-refractivity contribution < 1.29 is 60.9 Å². The van der Waals surface area contributed by atoms with E-state index >= 15 is 0 Å². The minimum atomic E-state index is -0.512. The first-order chi connectivity index (χ1) is 7.27. The van der Waals surface area contributed by atoms with E-state index in [0.717, 1.165) is 10.0 Å². The van der Waals surface area contributed by atoms with Crippen LogP contribution < -0.4 is 51.4 Å². The van der Waals surface area contributed by atoms with Gasteiger partial charge in [-0.3, -0.25) is 6.29 Å². The Labute approximate surface area is 154 Å². The molecule has 1 aliphatic rings. The fourth-order valence-corrected chi connectivity index (χ4v) is 2.23. The third-order valence-electron chi connectivity index (χ3n) is 2.82. The average Bonchev–Trinajstić information content (AvgIpc) is 2.30. The minimum Gasteiger partial charge on any atom is -0.541 e. The van der Waals surface area contributed by atoms with Crippen LogP contribution in [0.2, 0.25) is 0 Å². The molecule has 1 aromatic carbocycles. The summed E-state index contributed by atoms with van der Waals surface area (Å²) in [5.41, 5.74) is 0.400. The molecule has 0 radical (unpaired) electrons. The van der Waals surface area contributed by atoms with Crippen LogP contribution in [0.3, 0.4) is 0 Å². The number of carbonyl (C=O) groups excluding carboxylic acids is 1. The van der Waals surface area contributed by atoms with Crippen molar-refractivity contribution in [3.63, 3.8) is 0 Å². The second-order valence-corrected chi connectivity index (χ2v) is 4.56. The molecule has 1 aromatic rings. The fourth-order valence-electron chi connectivity index (χ4n) is 1.87. The monoisotopic (exact) mass is 320 g/mol. The molecule has 1 fully saturated rings. The van der Waals surface area contributed by atoms with Crippen LogP contribution in [0.4, 0.5) is 0 Å². The van der Waals surface area contributed by atoms with Crippen molar-refractivity contribution in [1.82, 2.24) is 0 Å². The predicted molar refractivity (Wildman–Crippen MR) is 66.8 cm³/mol. The van der Waals surface area contributed by atoms with Crippen LogP contribution >= 0.6 is 15.9 Å². The Kier molecular flexibility index (Phi) is 8.67. The molecule has 1 saturated heterocycles. The van der Waals surface area contributed by atoms with Crippen molar-refractivity contribution >= 4 is 22.2 Å². The van der Waals surface area contributed by atoms with E-state index in [9.17, 15) is 4.79 Å². The first-order valence-corrected chi connectivity index (χ1v) is 5.71. The average molecular weight is 321 g/mol. The van der Waals surface area contributed by atoms with E-state index in [1.807, 2.05) is 18.2 Å². The molecule has 1 aliphatic heterocycles. The van der Waals surface area contributed by atoms with E-state index in [2.05, 4.69) is 28.3 Å². The maximum absolute atomic E-state index is 11.2. The molecular formula is C13H14BrKO2-2. The Hall–Kier alpha value is 0.966. The molecule has 0 unspecified atom stereocenters. The summed E-state index contributed by atoms with van der Waals surface area (Å²) in [4.78, 5) is 11.2. The minimum absolute atomic E-state index is 0. The Balaban J connectivity index is 0.00000128. The smallest absolute Gasteiger partial charge is 0.541 e. The van der Waals surface area contributed by atoms with Crippen LogP contribution in [0, 0.1) is 13.5 Å². The second kappa shape index (κ2) is 8.20. The van der Waals surface area contributed by atoms with Gasteiger partial charge >= 0.3 is 51.4 Å². The summed E-state index contributed by atoms with van der Waals surface area (Å²) in [5, 5.41) is 0. The van der Waals surface area contributed by atoms with E-state index in [-0.39, 0.29) is 58.8 Å². The summed E-state index contributed by atoms with van der Waals surface area (Å²) in [7, 11) is 0. The molecule has 88 valence electrons.